The summed E-state index contributed by atoms with van der Waals surface area (Å²) >= 11 is 0. The maximum absolute atomic E-state index is 12.8. The Kier molecular flexibility index (Phi) is 5.67. The number of imide groups is 1. The molecule has 1 spiro atoms. The van der Waals surface area contributed by atoms with Crippen LogP contribution in [-0.2, 0) is 14.4 Å². The fourth-order valence-corrected chi connectivity index (χ4v) is 3.85. The normalized spacial score (nSPS) is 25.4. The van der Waals surface area contributed by atoms with E-state index in [0.717, 1.165) is 23.4 Å². The van der Waals surface area contributed by atoms with Crippen LogP contribution in [0.3, 0.4) is 0 Å². The lowest BCUT2D eigenvalue weighted by molar-refractivity contribution is -0.140. The van der Waals surface area contributed by atoms with Crippen LogP contribution in [0.1, 0.15) is 57.6 Å². The first-order chi connectivity index (χ1) is 13.3. The number of hydrogen-bond donors (Lipinski definition) is 3. The van der Waals surface area contributed by atoms with Gasteiger partial charge in [-0.2, -0.15) is 5.01 Å². The van der Waals surface area contributed by atoms with Gasteiger partial charge in [-0.1, -0.05) is 37.3 Å². The Morgan fingerprint density at radius 1 is 1.21 bits per heavy atom. The topological polar surface area (TPSA) is 108 Å². The van der Waals surface area contributed by atoms with Crippen molar-refractivity contribution in [3.05, 3.63) is 35.9 Å². The number of hydrazine groups is 1. The van der Waals surface area contributed by atoms with E-state index in [0.29, 0.717) is 18.8 Å². The Morgan fingerprint density at radius 2 is 1.86 bits per heavy atom. The van der Waals surface area contributed by atoms with E-state index < -0.39 is 29.4 Å². The lowest BCUT2D eigenvalue weighted by Crippen LogP contribution is -2.51. The largest absolute Gasteiger partial charge is 0.349 e. The van der Waals surface area contributed by atoms with Gasteiger partial charge < -0.3 is 10.6 Å². The van der Waals surface area contributed by atoms with Crippen LogP contribution < -0.4 is 16.1 Å². The number of nitrogens with zero attached hydrogens (tertiary/aromatic N) is 1. The van der Waals surface area contributed by atoms with Gasteiger partial charge in [-0.25, -0.2) is 4.79 Å². The fraction of sp³-hybridized carbons (Fsp3) is 0.500. The highest BCUT2D eigenvalue weighted by molar-refractivity contribution is 6.08. The van der Waals surface area contributed by atoms with Crippen molar-refractivity contribution in [2.24, 2.45) is 5.92 Å². The van der Waals surface area contributed by atoms with Crippen molar-refractivity contribution in [1.82, 2.24) is 21.1 Å². The molecule has 1 unspecified atom stereocenters. The average molecular weight is 386 g/mol. The summed E-state index contributed by atoms with van der Waals surface area (Å²) in [6, 6.07) is 7.92. The third-order valence-electron chi connectivity index (χ3n) is 5.50. The zero-order valence-corrected chi connectivity index (χ0v) is 16.2. The quantitative estimate of drug-likeness (QED) is 0.671. The van der Waals surface area contributed by atoms with Gasteiger partial charge in [-0.05, 0) is 37.2 Å². The summed E-state index contributed by atoms with van der Waals surface area (Å²) in [6.45, 7) is 3.50. The van der Waals surface area contributed by atoms with Crippen molar-refractivity contribution < 1.29 is 19.2 Å². The van der Waals surface area contributed by atoms with Crippen LogP contribution in [-0.4, -0.2) is 34.3 Å². The van der Waals surface area contributed by atoms with Gasteiger partial charge in [0.15, 0.2) is 0 Å². The second-order valence-corrected chi connectivity index (χ2v) is 7.74. The third kappa shape index (κ3) is 4.16. The molecule has 28 heavy (non-hydrogen) atoms. The van der Waals surface area contributed by atoms with E-state index in [2.05, 4.69) is 23.0 Å². The van der Waals surface area contributed by atoms with E-state index in [1.165, 1.54) is 6.92 Å². The van der Waals surface area contributed by atoms with Crippen LogP contribution in [0.4, 0.5) is 4.79 Å². The molecule has 0 bridgehead atoms. The number of carbonyl (C=O) groups excluding carboxylic acids is 4. The van der Waals surface area contributed by atoms with Crippen molar-refractivity contribution in [2.75, 3.05) is 0 Å². The van der Waals surface area contributed by atoms with Crippen LogP contribution in [0.5, 0.6) is 0 Å². The van der Waals surface area contributed by atoms with Crippen LogP contribution in [0.25, 0.3) is 0 Å². The third-order valence-corrected chi connectivity index (χ3v) is 5.50. The number of hydrogen-bond acceptors (Lipinski definition) is 4. The van der Waals surface area contributed by atoms with E-state index in [4.69, 9.17) is 0 Å². The highest BCUT2D eigenvalue weighted by Gasteiger charge is 2.52. The number of nitrogens with one attached hydrogen (secondary N) is 3. The zero-order valence-electron chi connectivity index (χ0n) is 16.2. The minimum Gasteiger partial charge on any atom is -0.349 e. The van der Waals surface area contributed by atoms with Crippen molar-refractivity contribution in [1.29, 1.82) is 0 Å². The number of benzene rings is 1. The first-order valence-corrected chi connectivity index (χ1v) is 9.59. The van der Waals surface area contributed by atoms with Gasteiger partial charge in [0, 0.05) is 6.92 Å². The van der Waals surface area contributed by atoms with E-state index in [1.807, 2.05) is 18.2 Å². The van der Waals surface area contributed by atoms with Crippen LogP contribution in [0.2, 0.25) is 0 Å². The number of amides is 5. The summed E-state index contributed by atoms with van der Waals surface area (Å²) in [4.78, 5) is 49.2. The molecule has 150 valence electrons. The number of carbonyl (C=O) groups is 4. The van der Waals surface area contributed by atoms with Crippen LogP contribution in [0, 0.1) is 5.92 Å². The van der Waals surface area contributed by atoms with Gasteiger partial charge in [0.05, 0.1) is 12.5 Å². The van der Waals surface area contributed by atoms with Gasteiger partial charge >= 0.3 is 6.03 Å². The van der Waals surface area contributed by atoms with Gasteiger partial charge in [0.1, 0.15) is 5.54 Å². The monoisotopic (exact) mass is 386 g/mol. The minimum atomic E-state index is -0.909. The second-order valence-electron chi connectivity index (χ2n) is 7.74. The molecule has 1 aliphatic carbocycles. The second kappa shape index (κ2) is 8.00. The maximum atomic E-state index is 12.8. The highest BCUT2D eigenvalue weighted by atomic mass is 16.2. The number of rotatable bonds is 5. The summed E-state index contributed by atoms with van der Waals surface area (Å²) in [5, 5.41) is 6.28. The van der Waals surface area contributed by atoms with Gasteiger partial charge in [-0.3, -0.25) is 19.8 Å². The average Bonchev–Trinajstić information content (AvgIpc) is 2.88. The Bertz CT molecular complexity index is 772. The van der Waals surface area contributed by atoms with Gasteiger partial charge in [0.2, 0.25) is 11.8 Å². The summed E-state index contributed by atoms with van der Waals surface area (Å²) in [5.41, 5.74) is 2.27. The van der Waals surface area contributed by atoms with Crippen molar-refractivity contribution >= 4 is 23.8 Å². The molecular formula is C20H26N4O4. The van der Waals surface area contributed by atoms with E-state index in [9.17, 15) is 19.2 Å². The molecule has 8 heteroatoms. The van der Waals surface area contributed by atoms with E-state index >= 15 is 0 Å². The standard InChI is InChI=1S/C20H26N4O4/c1-13-8-10-20(11-9-13)18(27)24(19(28)22-20)23-17(26)12-16(21-14(2)25)15-6-4-3-5-7-15/h3-7,13,16H,8-12H2,1-2H3,(H,21,25)(H,22,28)(H,23,26). The maximum Gasteiger partial charge on any atom is 0.344 e. The first kappa shape index (κ1) is 19.9. The molecule has 1 saturated carbocycles. The Hall–Kier alpha value is -2.90. The molecule has 8 nitrogen and oxygen atoms in total. The molecule has 3 N–H and O–H groups in total. The van der Waals surface area contributed by atoms with Crippen LogP contribution >= 0.6 is 0 Å². The zero-order chi connectivity index (χ0) is 20.3. The minimum absolute atomic E-state index is 0.0926. The van der Waals surface area contributed by atoms with Gasteiger partial charge in [-0.15, -0.1) is 0 Å². The molecule has 1 saturated heterocycles. The Morgan fingerprint density at radius 3 is 2.46 bits per heavy atom. The predicted octanol–water partition coefficient (Wildman–Crippen LogP) is 1.79. The Labute approximate surface area is 164 Å². The van der Waals surface area contributed by atoms with Crippen molar-refractivity contribution in [3.63, 3.8) is 0 Å². The number of urea groups is 1. The molecule has 1 aliphatic heterocycles. The SMILES string of the molecule is CC(=O)NC(CC(=O)NN1C(=O)NC2(CCC(C)CC2)C1=O)c1ccccc1. The molecule has 2 aliphatic rings. The van der Waals surface area contributed by atoms with Crippen molar-refractivity contribution in [2.45, 2.75) is 57.5 Å². The molecule has 0 radical (unpaired) electrons. The molecule has 2 fully saturated rings. The van der Waals surface area contributed by atoms with Crippen molar-refractivity contribution in [3.8, 4) is 0 Å². The molecule has 1 heterocycles. The molecule has 3 rings (SSSR count). The lowest BCUT2D eigenvalue weighted by atomic mass is 9.77. The molecule has 1 atom stereocenters. The summed E-state index contributed by atoms with van der Waals surface area (Å²) in [7, 11) is 0. The summed E-state index contributed by atoms with van der Waals surface area (Å²) < 4.78 is 0. The predicted molar refractivity (Wildman–Crippen MR) is 102 cm³/mol. The van der Waals surface area contributed by atoms with Crippen LogP contribution in [0.15, 0.2) is 30.3 Å². The fourth-order valence-electron chi connectivity index (χ4n) is 3.85. The first-order valence-electron chi connectivity index (χ1n) is 9.59. The van der Waals surface area contributed by atoms with Gasteiger partial charge in [0.25, 0.3) is 5.91 Å². The summed E-state index contributed by atoms with van der Waals surface area (Å²) in [6.07, 6.45) is 2.76. The lowest BCUT2D eigenvalue weighted by Gasteiger charge is -2.33. The molecular weight excluding hydrogens is 360 g/mol. The molecule has 5 amide bonds. The highest BCUT2D eigenvalue weighted by Crippen LogP contribution is 2.35. The van der Waals surface area contributed by atoms with E-state index in [1.54, 1.807) is 12.1 Å². The molecule has 1 aromatic carbocycles. The van der Waals surface area contributed by atoms with E-state index in [-0.39, 0.29) is 12.3 Å². The smallest absolute Gasteiger partial charge is 0.344 e. The Balaban J connectivity index is 1.67. The summed E-state index contributed by atoms with van der Waals surface area (Å²) in [5.74, 6) is -0.684. The molecule has 0 aromatic heterocycles. The molecule has 1 aromatic rings.